The average Bonchev–Trinajstić information content (AvgIpc) is 2.62. The minimum atomic E-state index is 0.510. The normalized spacial score (nSPS) is 15.8. The van der Waals surface area contributed by atoms with Crippen LogP contribution in [-0.2, 0) is 11.3 Å². The van der Waals surface area contributed by atoms with Gasteiger partial charge in [-0.05, 0) is 22.6 Å². The van der Waals surface area contributed by atoms with Gasteiger partial charge in [0.15, 0.2) is 0 Å². The Morgan fingerprint density at radius 1 is 1.00 bits per heavy atom. The summed E-state index contributed by atoms with van der Waals surface area (Å²) in [6, 6.07) is 19.5. The summed E-state index contributed by atoms with van der Waals surface area (Å²) in [5.41, 5.74) is 5.48. The average molecular weight is 321 g/mol. The van der Waals surface area contributed by atoms with Crippen LogP contribution in [0.5, 0.6) is 0 Å². The first-order valence-electron chi connectivity index (χ1n) is 8.80. The molecule has 2 heteroatoms. The maximum atomic E-state index is 5.74. The van der Waals surface area contributed by atoms with Crippen LogP contribution in [0, 0.1) is 0 Å². The van der Waals surface area contributed by atoms with Crippen molar-refractivity contribution in [1.29, 1.82) is 0 Å². The molecule has 0 spiro atoms. The smallest absolute Gasteiger partial charge is 0.102 e. The van der Waals surface area contributed by atoms with E-state index in [1.54, 1.807) is 7.11 Å². The summed E-state index contributed by atoms with van der Waals surface area (Å²) in [7, 11) is 1.81. The second kappa shape index (κ2) is 7.67. The van der Waals surface area contributed by atoms with E-state index in [4.69, 9.17) is 4.74 Å². The molecule has 0 amide bonds. The van der Waals surface area contributed by atoms with Gasteiger partial charge < -0.3 is 4.74 Å². The second-order valence-corrected chi connectivity index (χ2v) is 6.79. The molecular weight excluding hydrogens is 294 g/mol. The fourth-order valence-electron chi connectivity index (χ4n) is 3.51. The van der Waals surface area contributed by atoms with Crippen LogP contribution in [0.4, 0.5) is 0 Å². The predicted octanol–water partition coefficient (Wildman–Crippen LogP) is 5.07. The molecule has 3 rings (SSSR count). The zero-order valence-corrected chi connectivity index (χ0v) is 15.0. The molecule has 1 heterocycles. The molecule has 24 heavy (non-hydrogen) atoms. The molecule has 0 saturated carbocycles. The third kappa shape index (κ3) is 3.70. The summed E-state index contributed by atoms with van der Waals surface area (Å²) >= 11 is 0. The zero-order valence-electron chi connectivity index (χ0n) is 15.0. The van der Waals surface area contributed by atoms with Crippen LogP contribution in [0.3, 0.4) is 0 Å². The molecule has 0 aliphatic carbocycles. The van der Waals surface area contributed by atoms with Gasteiger partial charge in [-0.1, -0.05) is 68.4 Å². The highest BCUT2D eigenvalue weighted by molar-refractivity contribution is 5.72. The first-order valence-corrected chi connectivity index (χ1v) is 8.80. The molecule has 0 atom stereocenters. The Labute approximate surface area is 145 Å². The van der Waals surface area contributed by atoms with Gasteiger partial charge in [0.1, 0.15) is 5.76 Å². The molecule has 126 valence electrons. The minimum Gasteiger partial charge on any atom is -0.501 e. The second-order valence-electron chi connectivity index (χ2n) is 6.79. The predicted molar refractivity (Wildman–Crippen MR) is 101 cm³/mol. The van der Waals surface area contributed by atoms with Crippen LogP contribution in [-0.4, -0.2) is 25.1 Å². The van der Waals surface area contributed by atoms with E-state index < -0.39 is 0 Å². The summed E-state index contributed by atoms with van der Waals surface area (Å²) in [6.07, 6.45) is 0.977. The quantitative estimate of drug-likeness (QED) is 0.762. The van der Waals surface area contributed by atoms with Gasteiger partial charge in [0, 0.05) is 31.6 Å². The van der Waals surface area contributed by atoms with Gasteiger partial charge in [-0.3, -0.25) is 4.90 Å². The van der Waals surface area contributed by atoms with Crippen molar-refractivity contribution in [2.24, 2.45) is 0 Å². The molecule has 0 unspecified atom stereocenters. The van der Waals surface area contributed by atoms with Crippen molar-refractivity contribution in [1.82, 2.24) is 4.90 Å². The van der Waals surface area contributed by atoms with E-state index in [-0.39, 0.29) is 0 Å². The van der Waals surface area contributed by atoms with Crippen LogP contribution < -0.4 is 0 Å². The van der Waals surface area contributed by atoms with E-state index in [2.05, 4.69) is 73.3 Å². The van der Waals surface area contributed by atoms with Crippen molar-refractivity contribution in [3.63, 3.8) is 0 Å². The van der Waals surface area contributed by atoms with E-state index >= 15 is 0 Å². The summed E-state index contributed by atoms with van der Waals surface area (Å²) in [4.78, 5) is 2.52. The number of rotatable bonds is 5. The minimum absolute atomic E-state index is 0.510. The molecule has 2 aromatic rings. The third-order valence-electron chi connectivity index (χ3n) is 4.78. The van der Waals surface area contributed by atoms with Crippen LogP contribution in [0.2, 0.25) is 0 Å². The number of benzene rings is 2. The van der Waals surface area contributed by atoms with Gasteiger partial charge >= 0.3 is 0 Å². The van der Waals surface area contributed by atoms with Crippen molar-refractivity contribution in [3.8, 4) is 0 Å². The highest BCUT2D eigenvalue weighted by Gasteiger charge is 2.23. The van der Waals surface area contributed by atoms with E-state index in [1.165, 1.54) is 22.3 Å². The van der Waals surface area contributed by atoms with Gasteiger partial charge in [-0.2, -0.15) is 0 Å². The number of nitrogens with zero attached hydrogens (tertiary/aromatic N) is 1. The van der Waals surface area contributed by atoms with Crippen molar-refractivity contribution < 1.29 is 4.74 Å². The number of hydrogen-bond donors (Lipinski definition) is 0. The lowest BCUT2D eigenvalue weighted by molar-refractivity contribution is 0.221. The monoisotopic (exact) mass is 321 g/mol. The first kappa shape index (κ1) is 16.8. The van der Waals surface area contributed by atoms with Crippen molar-refractivity contribution in [2.45, 2.75) is 32.7 Å². The molecule has 0 N–H and O–H groups in total. The highest BCUT2D eigenvalue weighted by Crippen LogP contribution is 2.32. The topological polar surface area (TPSA) is 12.5 Å². The van der Waals surface area contributed by atoms with E-state index in [0.717, 1.165) is 31.8 Å². The largest absolute Gasteiger partial charge is 0.501 e. The Balaban J connectivity index is 1.88. The molecule has 1 aliphatic rings. The Morgan fingerprint density at radius 2 is 1.71 bits per heavy atom. The summed E-state index contributed by atoms with van der Waals surface area (Å²) in [5, 5.41) is 0. The van der Waals surface area contributed by atoms with Gasteiger partial charge in [0.2, 0.25) is 0 Å². The van der Waals surface area contributed by atoms with Crippen molar-refractivity contribution in [2.75, 3.05) is 20.2 Å². The SMILES string of the molecule is COC1=C(c2ccccc2C(C)C)CN(Cc2ccccc2)CC1. The summed E-state index contributed by atoms with van der Waals surface area (Å²) in [6.45, 7) is 7.51. The summed E-state index contributed by atoms with van der Waals surface area (Å²) in [5.74, 6) is 1.66. The van der Waals surface area contributed by atoms with Gasteiger partial charge in [-0.15, -0.1) is 0 Å². The van der Waals surface area contributed by atoms with Gasteiger partial charge in [0.25, 0.3) is 0 Å². The van der Waals surface area contributed by atoms with Crippen LogP contribution in [0.25, 0.3) is 5.57 Å². The first-order chi connectivity index (χ1) is 11.7. The van der Waals surface area contributed by atoms with Crippen LogP contribution >= 0.6 is 0 Å². The fourth-order valence-corrected chi connectivity index (χ4v) is 3.51. The third-order valence-corrected chi connectivity index (χ3v) is 4.78. The van der Waals surface area contributed by atoms with E-state index in [9.17, 15) is 0 Å². The zero-order chi connectivity index (χ0) is 16.9. The number of hydrogen-bond acceptors (Lipinski definition) is 2. The van der Waals surface area contributed by atoms with Crippen LogP contribution in [0.1, 0.15) is 42.9 Å². The summed E-state index contributed by atoms with van der Waals surface area (Å²) < 4.78 is 5.74. The number of ether oxygens (including phenoxy) is 1. The van der Waals surface area contributed by atoms with E-state index in [1.807, 2.05) is 0 Å². The van der Waals surface area contributed by atoms with Gasteiger partial charge in [-0.25, -0.2) is 0 Å². The lowest BCUT2D eigenvalue weighted by atomic mass is 9.90. The standard InChI is InChI=1S/C22H27NO/c1-17(2)19-11-7-8-12-20(19)21-16-23(14-13-22(21)24-3)15-18-9-5-4-6-10-18/h4-12,17H,13-16H2,1-3H3. The molecule has 2 aromatic carbocycles. The molecule has 0 saturated heterocycles. The molecule has 0 radical (unpaired) electrons. The van der Waals surface area contributed by atoms with Crippen molar-refractivity contribution >= 4 is 5.57 Å². The molecule has 2 nitrogen and oxygen atoms in total. The molecule has 1 aliphatic heterocycles. The lowest BCUT2D eigenvalue weighted by Gasteiger charge is -2.31. The highest BCUT2D eigenvalue weighted by atomic mass is 16.5. The molecule has 0 fully saturated rings. The van der Waals surface area contributed by atoms with E-state index in [0.29, 0.717) is 5.92 Å². The lowest BCUT2D eigenvalue weighted by Crippen LogP contribution is -2.31. The Kier molecular flexibility index (Phi) is 5.37. The Morgan fingerprint density at radius 3 is 2.42 bits per heavy atom. The maximum absolute atomic E-state index is 5.74. The molecule has 0 bridgehead atoms. The Hall–Kier alpha value is -2.06. The van der Waals surface area contributed by atoms with Crippen molar-refractivity contribution in [3.05, 3.63) is 77.0 Å². The van der Waals surface area contributed by atoms with Gasteiger partial charge in [0.05, 0.1) is 7.11 Å². The Bertz CT molecular complexity index is 703. The maximum Gasteiger partial charge on any atom is 0.102 e. The molecular formula is C22H27NO. The number of methoxy groups -OCH3 is 1. The molecule has 0 aromatic heterocycles. The van der Waals surface area contributed by atoms with Crippen LogP contribution in [0.15, 0.2) is 60.4 Å². The fraction of sp³-hybridized carbons (Fsp3) is 0.364.